The summed E-state index contributed by atoms with van der Waals surface area (Å²) >= 11 is 1.82. The fourth-order valence-electron chi connectivity index (χ4n) is 1.84. The van der Waals surface area contributed by atoms with Crippen LogP contribution in [0.3, 0.4) is 0 Å². The van der Waals surface area contributed by atoms with Gasteiger partial charge in [-0.3, -0.25) is 0 Å². The van der Waals surface area contributed by atoms with Crippen LogP contribution < -0.4 is 5.32 Å². The van der Waals surface area contributed by atoms with E-state index in [9.17, 15) is 0 Å². The van der Waals surface area contributed by atoms with Crippen molar-refractivity contribution in [3.05, 3.63) is 34.3 Å². The number of nitrogens with zero attached hydrogens (tertiary/aromatic N) is 2. The number of anilines is 1. The van der Waals surface area contributed by atoms with Gasteiger partial charge in [-0.15, -0.1) is 11.3 Å². The number of hydrogen-bond donors (Lipinski definition) is 1. The Morgan fingerprint density at radius 2 is 2.28 bits per heavy atom. The van der Waals surface area contributed by atoms with Crippen molar-refractivity contribution in [3.63, 3.8) is 0 Å². The molecule has 0 spiro atoms. The van der Waals surface area contributed by atoms with Gasteiger partial charge in [0.15, 0.2) is 0 Å². The van der Waals surface area contributed by atoms with Crippen molar-refractivity contribution in [2.45, 2.75) is 33.7 Å². The molecule has 4 heteroatoms. The minimum Gasteiger partial charge on any atom is -0.355 e. The molecule has 0 unspecified atom stereocenters. The quantitative estimate of drug-likeness (QED) is 0.863. The number of aromatic nitrogens is 2. The van der Waals surface area contributed by atoms with Crippen molar-refractivity contribution in [1.82, 2.24) is 9.55 Å². The summed E-state index contributed by atoms with van der Waals surface area (Å²) in [6.45, 7) is 8.41. The topological polar surface area (TPSA) is 29.9 Å². The molecule has 1 N–H and O–H groups in total. The van der Waals surface area contributed by atoms with Crippen LogP contribution in [0.4, 0.5) is 5.95 Å². The summed E-state index contributed by atoms with van der Waals surface area (Å²) in [5.41, 5.74) is 1.08. The Hall–Kier alpha value is -1.29. The van der Waals surface area contributed by atoms with Crippen molar-refractivity contribution >= 4 is 17.3 Å². The molecular formula is C14H21N3S. The van der Waals surface area contributed by atoms with E-state index in [1.165, 1.54) is 4.88 Å². The molecule has 0 fully saturated rings. The SMILES string of the molecule is Cc1cn(CCc2cccs2)c(NCC(C)C)n1. The molecule has 0 aromatic carbocycles. The average Bonchev–Trinajstić information content (AvgIpc) is 2.92. The van der Waals surface area contributed by atoms with Crippen molar-refractivity contribution in [1.29, 1.82) is 0 Å². The first kappa shape index (κ1) is 13.1. The first-order valence-corrected chi connectivity index (χ1v) is 7.33. The van der Waals surface area contributed by atoms with Gasteiger partial charge in [-0.05, 0) is 30.7 Å². The highest BCUT2D eigenvalue weighted by Crippen LogP contribution is 2.14. The molecule has 2 rings (SSSR count). The van der Waals surface area contributed by atoms with E-state index < -0.39 is 0 Å². The minimum absolute atomic E-state index is 0.632. The largest absolute Gasteiger partial charge is 0.355 e. The fraction of sp³-hybridized carbons (Fsp3) is 0.500. The third kappa shape index (κ3) is 3.60. The molecule has 2 aromatic rings. The first-order valence-electron chi connectivity index (χ1n) is 6.45. The number of thiophene rings is 1. The van der Waals surface area contributed by atoms with Crippen molar-refractivity contribution in [3.8, 4) is 0 Å². The van der Waals surface area contributed by atoms with Gasteiger partial charge in [0.1, 0.15) is 0 Å². The van der Waals surface area contributed by atoms with Crippen LogP contribution in [0.15, 0.2) is 23.7 Å². The summed E-state index contributed by atoms with van der Waals surface area (Å²) in [6.07, 6.45) is 3.19. The Bertz CT molecular complexity index is 471. The molecule has 0 saturated carbocycles. The highest BCUT2D eigenvalue weighted by Gasteiger charge is 2.06. The molecule has 18 heavy (non-hydrogen) atoms. The number of rotatable bonds is 6. The fourth-order valence-corrected chi connectivity index (χ4v) is 2.54. The Morgan fingerprint density at radius 3 is 2.94 bits per heavy atom. The van der Waals surface area contributed by atoms with E-state index in [0.717, 1.165) is 31.2 Å². The van der Waals surface area contributed by atoms with Crippen LogP contribution in [0.25, 0.3) is 0 Å². The lowest BCUT2D eigenvalue weighted by Gasteiger charge is -2.10. The van der Waals surface area contributed by atoms with Crippen LogP contribution in [0.1, 0.15) is 24.4 Å². The van der Waals surface area contributed by atoms with Gasteiger partial charge in [0, 0.05) is 24.2 Å². The lowest BCUT2D eigenvalue weighted by Crippen LogP contribution is -2.13. The molecule has 2 aromatic heterocycles. The molecule has 2 heterocycles. The van der Waals surface area contributed by atoms with Gasteiger partial charge in [0.2, 0.25) is 5.95 Å². The summed E-state index contributed by atoms with van der Waals surface area (Å²) in [7, 11) is 0. The maximum absolute atomic E-state index is 4.54. The summed E-state index contributed by atoms with van der Waals surface area (Å²) < 4.78 is 2.22. The molecule has 98 valence electrons. The van der Waals surface area contributed by atoms with E-state index in [-0.39, 0.29) is 0 Å². The lowest BCUT2D eigenvalue weighted by atomic mass is 10.2. The first-order chi connectivity index (χ1) is 8.65. The van der Waals surface area contributed by atoms with Gasteiger partial charge in [0.05, 0.1) is 5.69 Å². The molecule has 0 amide bonds. The normalized spacial score (nSPS) is 11.1. The molecule has 0 bridgehead atoms. The maximum atomic E-state index is 4.54. The molecule has 0 aliphatic heterocycles. The standard InChI is InChI=1S/C14H21N3S/c1-11(2)9-15-14-16-12(3)10-17(14)7-6-13-5-4-8-18-13/h4-5,8,10-11H,6-7,9H2,1-3H3,(H,15,16). The molecule has 0 aliphatic rings. The number of aryl methyl sites for hydroxylation is 3. The predicted octanol–water partition coefficient (Wildman–Crippen LogP) is 3.56. The zero-order valence-electron chi connectivity index (χ0n) is 11.3. The average molecular weight is 263 g/mol. The van der Waals surface area contributed by atoms with Gasteiger partial charge in [-0.25, -0.2) is 4.98 Å². The van der Waals surface area contributed by atoms with Crippen LogP contribution in [0.5, 0.6) is 0 Å². The molecule has 0 aliphatic carbocycles. The summed E-state index contributed by atoms with van der Waals surface area (Å²) in [5, 5.41) is 5.55. The van der Waals surface area contributed by atoms with Crippen LogP contribution in [0.2, 0.25) is 0 Å². The van der Waals surface area contributed by atoms with E-state index in [0.29, 0.717) is 5.92 Å². The number of nitrogens with one attached hydrogen (secondary N) is 1. The number of hydrogen-bond acceptors (Lipinski definition) is 3. The van der Waals surface area contributed by atoms with E-state index in [1.54, 1.807) is 0 Å². The number of imidazole rings is 1. The lowest BCUT2D eigenvalue weighted by molar-refractivity contribution is 0.662. The minimum atomic E-state index is 0.632. The van der Waals surface area contributed by atoms with Crippen LogP contribution in [0, 0.1) is 12.8 Å². The van der Waals surface area contributed by atoms with Crippen LogP contribution in [-0.2, 0) is 13.0 Å². The van der Waals surface area contributed by atoms with E-state index in [2.05, 4.69) is 52.4 Å². The van der Waals surface area contributed by atoms with Crippen LogP contribution in [-0.4, -0.2) is 16.1 Å². The third-order valence-corrected chi connectivity index (χ3v) is 3.68. The monoisotopic (exact) mass is 263 g/mol. The summed E-state index contributed by atoms with van der Waals surface area (Å²) in [6, 6.07) is 4.30. The zero-order chi connectivity index (χ0) is 13.0. The Kier molecular flexibility index (Phi) is 4.42. The summed E-state index contributed by atoms with van der Waals surface area (Å²) in [4.78, 5) is 5.96. The Labute approximate surface area is 113 Å². The Balaban J connectivity index is 1.98. The highest BCUT2D eigenvalue weighted by atomic mass is 32.1. The second-order valence-corrected chi connectivity index (χ2v) is 6.04. The maximum Gasteiger partial charge on any atom is 0.203 e. The predicted molar refractivity (Wildman–Crippen MR) is 78.3 cm³/mol. The van der Waals surface area contributed by atoms with Gasteiger partial charge >= 0.3 is 0 Å². The van der Waals surface area contributed by atoms with Gasteiger partial charge in [-0.1, -0.05) is 19.9 Å². The van der Waals surface area contributed by atoms with Gasteiger partial charge in [-0.2, -0.15) is 0 Å². The van der Waals surface area contributed by atoms with E-state index in [4.69, 9.17) is 0 Å². The van der Waals surface area contributed by atoms with Crippen LogP contribution >= 0.6 is 11.3 Å². The zero-order valence-corrected chi connectivity index (χ0v) is 12.1. The molecule has 0 radical (unpaired) electrons. The molecular weight excluding hydrogens is 242 g/mol. The Morgan fingerprint density at radius 1 is 1.44 bits per heavy atom. The summed E-state index contributed by atoms with van der Waals surface area (Å²) in [5.74, 6) is 1.63. The van der Waals surface area contributed by atoms with Gasteiger partial charge < -0.3 is 9.88 Å². The smallest absolute Gasteiger partial charge is 0.203 e. The highest BCUT2D eigenvalue weighted by molar-refractivity contribution is 7.09. The van der Waals surface area contributed by atoms with E-state index in [1.807, 2.05) is 18.3 Å². The van der Waals surface area contributed by atoms with Crippen molar-refractivity contribution in [2.75, 3.05) is 11.9 Å². The molecule has 3 nitrogen and oxygen atoms in total. The van der Waals surface area contributed by atoms with E-state index >= 15 is 0 Å². The second-order valence-electron chi connectivity index (χ2n) is 5.00. The molecule has 0 saturated heterocycles. The molecule has 0 atom stereocenters. The van der Waals surface area contributed by atoms with Gasteiger partial charge in [0.25, 0.3) is 0 Å². The van der Waals surface area contributed by atoms with Crippen molar-refractivity contribution in [2.24, 2.45) is 5.92 Å². The second kappa shape index (κ2) is 6.05. The van der Waals surface area contributed by atoms with Crippen molar-refractivity contribution < 1.29 is 0 Å². The third-order valence-electron chi connectivity index (χ3n) is 2.74.